The third kappa shape index (κ3) is 4.79. The Hall–Kier alpha value is -1.88. The number of likely N-dealkylation sites (tertiary alicyclic amines) is 1. The summed E-state index contributed by atoms with van der Waals surface area (Å²) in [6.45, 7) is 6.21. The molecule has 1 aromatic carbocycles. The molecule has 0 aromatic heterocycles. The molecule has 23 heavy (non-hydrogen) atoms. The van der Waals surface area contributed by atoms with Crippen LogP contribution in [0.4, 0.5) is 5.69 Å². The molecule has 1 fully saturated rings. The fourth-order valence-corrected chi connectivity index (χ4v) is 3.04. The third-order valence-electron chi connectivity index (χ3n) is 4.40. The summed E-state index contributed by atoms with van der Waals surface area (Å²) in [5.41, 5.74) is 1.23. The minimum atomic E-state index is -0.606. The number of carbonyl (C=O) groups is 2. The Kier molecular flexibility index (Phi) is 6.59. The number of esters is 1. The van der Waals surface area contributed by atoms with Gasteiger partial charge in [0.05, 0.1) is 7.11 Å². The molecule has 0 bridgehead atoms. The van der Waals surface area contributed by atoms with Gasteiger partial charge in [-0.2, -0.15) is 0 Å². The van der Waals surface area contributed by atoms with E-state index in [2.05, 4.69) is 41.0 Å². The highest BCUT2D eigenvalue weighted by molar-refractivity contribution is 5.99. The van der Waals surface area contributed by atoms with E-state index >= 15 is 0 Å². The second-order valence-corrected chi connectivity index (χ2v) is 5.86. The molecule has 1 aliphatic rings. The maximum atomic E-state index is 11.8. The summed E-state index contributed by atoms with van der Waals surface area (Å²) in [6.07, 6.45) is 1.45. The third-order valence-corrected chi connectivity index (χ3v) is 4.40. The number of Topliss-reactive ketones (excluding diaryl/α,β-unsaturated/α-hetero) is 1. The number of methoxy groups -OCH3 is 1. The lowest BCUT2D eigenvalue weighted by Crippen LogP contribution is -2.45. The number of rotatable bonds is 7. The summed E-state index contributed by atoms with van der Waals surface area (Å²) in [4.78, 5) is 28.0. The highest BCUT2D eigenvalue weighted by atomic mass is 16.5. The molecule has 0 saturated carbocycles. The lowest BCUT2D eigenvalue weighted by Gasteiger charge is -2.31. The van der Waals surface area contributed by atoms with Gasteiger partial charge in [-0.15, -0.1) is 0 Å². The maximum absolute atomic E-state index is 11.8. The summed E-state index contributed by atoms with van der Waals surface area (Å²) in [6, 6.07) is 10.4. The summed E-state index contributed by atoms with van der Waals surface area (Å²) in [5.74, 6) is -1.00. The van der Waals surface area contributed by atoms with E-state index in [0.717, 1.165) is 32.6 Å². The molecule has 0 N–H and O–H groups in total. The van der Waals surface area contributed by atoms with E-state index in [1.165, 1.54) is 12.8 Å². The lowest BCUT2D eigenvalue weighted by atomic mass is 9.96. The van der Waals surface area contributed by atoms with Crippen molar-refractivity contribution >= 4 is 17.4 Å². The largest absolute Gasteiger partial charge is 0.468 e. The number of ketones is 1. The van der Waals surface area contributed by atoms with Crippen molar-refractivity contribution in [1.82, 2.24) is 4.90 Å². The van der Waals surface area contributed by atoms with Gasteiger partial charge in [0.25, 0.3) is 0 Å². The monoisotopic (exact) mass is 318 g/mol. The highest BCUT2D eigenvalue weighted by Crippen LogP contribution is 2.16. The molecule has 2 rings (SSSR count). The van der Waals surface area contributed by atoms with E-state index in [9.17, 15) is 9.59 Å². The molecule has 0 amide bonds. The zero-order valence-corrected chi connectivity index (χ0v) is 14.0. The van der Waals surface area contributed by atoms with Crippen molar-refractivity contribution in [3.63, 3.8) is 0 Å². The molecule has 1 heterocycles. The lowest BCUT2D eigenvalue weighted by molar-refractivity contribution is -0.151. The van der Waals surface area contributed by atoms with Crippen molar-refractivity contribution < 1.29 is 14.3 Å². The van der Waals surface area contributed by atoms with E-state index < -0.39 is 11.9 Å². The van der Waals surface area contributed by atoms with Crippen molar-refractivity contribution in [3.05, 3.63) is 30.3 Å². The fraction of sp³-hybridized carbons (Fsp3) is 0.556. The highest BCUT2D eigenvalue weighted by Gasteiger charge is 2.33. The van der Waals surface area contributed by atoms with Crippen LogP contribution < -0.4 is 4.90 Å². The second kappa shape index (κ2) is 8.67. The first kappa shape index (κ1) is 17.5. The average molecular weight is 318 g/mol. The first-order chi connectivity index (χ1) is 11.2. The molecule has 5 nitrogen and oxygen atoms in total. The van der Waals surface area contributed by atoms with Crippen LogP contribution in [-0.4, -0.2) is 56.5 Å². The van der Waals surface area contributed by atoms with Gasteiger partial charge in [0, 0.05) is 38.3 Å². The van der Waals surface area contributed by atoms with Crippen molar-refractivity contribution in [3.8, 4) is 0 Å². The molecule has 0 spiro atoms. The standard InChI is InChI=1S/C18H26N2O3/c1-3-20(15-8-5-4-6-9-15)12-7-11-19-13-10-17(21)16(14-19)18(22)23-2/h4-6,8-9,16H,3,7,10-14H2,1-2H3. The van der Waals surface area contributed by atoms with Crippen molar-refractivity contribution in [2.24, 2.45) is 5.92 Å². The number of anilines is 1. The zero-order valence-electron chi connectivity index (χ0n) is 14.0. The van der Waals surface area contributed by atoms with Gasteiger partial charge >= 0.3 is 5.97 Å². The summed E-state index contributed by atoms with van der Waals surface area (Å²) < 4.78 is 4.73. The molecule has 1 aromatic rings. The molecule has 5 heteroatoms. The Labute approximate surface area is 138 Å². The quantitative estimate of drug-likeness (QED) is 0.568. The Bertz CT molecular complexity index is 510. The SMILES string of the molecule is CCN(CCCN1CCC(=O)C(C(=O)OC)C1)c1ccccc1. The molecular weight excluding hydrogens is 292 g/mol. The summed E-state index contributed by atoms with van der Waals surface area (Å²) in [7, 11) is 1.34. The van der Waals surface area contributed by atoms with Crippen molar-refractivity contribution in [2.75, 3.05) is 44.7 Å². The first-order valence-corrected chi connectivity index (χ1v) is 8.28. The van der Waals surface area contributed by atoms with Crippen LogP contribution in [0.5, 0.6) is 0 Å². The summed E-state index contributed by atoms with van der Waals surface area (Å²) in [5, 5.41) is 0. The van der Waals surface area contributed by atoms with E-state index in [0.29, 0.717) is 13.0 Å². The number of nitrogens with zero attached hydrogens (tertiary/aromatic N) is 2. The van der Waals surface area contributed by atoms with Gasteiger partial charge in [-0.1, -0.05) is 18.2 Å². The Morgan fingerprint density at radius 2 is 2.09 bits per heavy atom. The number of hydrogen-bond donors (Lipinski definition) is 0. The van der Waals surface area contributed by atoms with Gasteiger partial charge in [0.15, 0.2) is 0 Å². The number of hydrogen-bond acceptors (Lipinski definition) is 5. The van der Waals surface area contributed by atoms with Crippen molar-refractivity contribution in [2.45, 2.75) is 19.8 Å². The van der Waals surface area contributed by atoms with E-state index in [4.69, 9.17) is 4.74 Å². The molecular formula is C18H26N2O3. The topological polar surface area (TPSA) is 49.9 Å². The smallest absolute Gasteiger partial charge is 0.317 e. The van der Waals surface area contributed by atoms with Crippen LogP contribution in [0.1, 0.15) is 19.8 Å². The number of piperidine rings is 1. The predicted molar refractivity (Wildman–Crippen MR) is 90.5 cm³/mol. The minimum absolute atomic E-state index is 0.00701. The van der Waals surface area contributed by atoms with Gasteiger partial charge < -0.3 is 14.5 Å². The molecule has 1 aliphatic heterocycles. The van der Waals surface area contributed by atoms with E-state index in [-0.39, 0.29) is 5.78 Å². The van der Waals surface area contributed by atoms with Crippen LogP contribution in [0.15, 0.2) is 30.3 Å². The van der Waals surface area contributed by atoms with E-state index in [1.807, 2.05) is 6.07 Å². The zero-order chi connectivity index (χ0) is 16.7. The van der Waals surface area contributed by atoms with Crippen LogP contribution in [0.25, 0.3) is 0 Å². The summed E-state index contributed by atoms with van der Waals surface area (Å²) >= 11 is 0. The van der Waals surface area contributed by atoms with Crippen molar-refractivity contribution in [1.29, 1.82) is 0 Å². The normalized spacial score (nSPS) is 18.7. The number of benzene rings is 1. The maximum Gasteiger partial charge on any atom is 0.317 e. The van der Waals surface area contributed by atoms with Crippen LogP contribution in [-0.2, 0) is 14.3 Å². The fourth-order valence-electron chi connectivity index (χ4n) is 3.04. The van der Waals surface area contributed by atoms with Gasteiger partial charge in [-0.05, 0) is 32.0 Å². The average Bonchev–Trinajstić information content (AvgIpc) is 2.60. The van der Waals surface area contributed by atoms with Crippen LogP contribution in [0.3, 0.4) is 0 Å². The first-order valence-electron chi connectivity index (χ1n) is 8.28. The van der Waals surface area contributed by atoms with Gasteiger partial charge in [0.1, 0.15) is 11.7 Å². The van der Waals surface area contributed by atoms with Gasteiger partial charge in [-0.25, -0.2) is 0 Å². The molecule has 1 saturated heterocycles. The Balaban J connectivity index is 1.81. The van der Waals surface area contributed by atoms with Crippen LogP contribution in [0, 0.1) is 5.92 Å². The number of para-hydroxylation sites is 1. The minimum Gasteiger partial charge on any atom is -0.468 e. The molecule has 126 valence electrons. The Morgan fingerprint density at radius 1 is 1.35 bits per heavy atom. The Morgan fingerprint density at radius 3 is 2.74 bits per heavy atom. The molecule has 1 unspecified atom stereocenters. The molecule has 0 aliphatic carbocycles. The number of carbonyl (C=O) groups excluding carboxylic acids is 2. The predicted octanol–water partition coefficient (Wildman–Crippen LogP) is 1.97. The second-order valence-electron chi connectivity index (χ2n) is 5.86. The van der Waals surface area contributed by atoms with Crippen LogP contribution in [0.2, 0.25) is 0 Å². The number of ether oxygens (including phenoxy) is 1. The van der Waals surface area contributed by atoms with Gasteiger partial charge in [-0.3, -0.25) is 9.59 Å². The van der Waals surface area contributed by atoms with Crippen LogP contribution >= 0.6 is 0 Å². The molecule has 1 atom stereocenters. The van der Waals surface area contributed by atoms with E-state index in [1.54, 1.807) is 0 Å². The van der Waals surface area contributed by atoms with Gasteiger partial charge in [0.2, 0.25) is 0 Å². The molecule has 0 radical (unpaired) electrons.